The molecule has 0 aliphatic heterocycles. The predicted molar refractivity (Wildman–Crippen MR) is 139 cm³/mol. The second kappa shape index (κ2) is 12.8. The van der Waals surface area contributed by atoms with Gasteiger partial charge in [0.25, 0.3) is 0 Å². The Balaban J connectivity index is 1.49. The first kappa shape index (κ1) is 24.5. The maximum absolute atomic E-state index is 12.3. The van der Waals surface area contributed by atoms with Gasteiger partial charge in [0.2, 0.25) is 0 Å². The summed E-state index contributed by atoms with van der Waals surface area (Å²) in [5, 5.41) is 8.89. The summed E-state index contributed by atoms with van der Waals surface area (Å²) in [6, 6.07) is 18.4. The van der Waals surface area contributed by atoms with Crippen LogP contribution in [0.4, 0.5) is 27.7 Å². The van der Waals surface area contributed by atoms with E-state index in [-0.39, 0.29) is 6.03 Å². The highest BCUT2D eigenvalue weighted by molar-refractivity contribution is 9.10. The third-order valence-corrected chi connectivity index (χ3v) is 5.74. The number of hydrogen-bond acceptors (Lipinski definition) is 5. The quantitative estimate of drug-likeness (QED) is 0.261. The normalized spacial score (nSPS) is 10.7. The van der Waals surface area contributed by atoms with E-state index in [1.54, 1.807) is 18.3 Å². The molecule has 3 N–H and O–H groups in total. The van der Waals surface area contributed by atoms with Crippen LogP contribution in [-0.2, 0) is 0 Å². The van der Waals surface area contributed by atoms with Crippen LogP contribution in [0.5, 0.6) is 5.75 Å². The van der Waals surface area contributed by atoms with E-state index < -0.39 is 0 Å². The van der Waals surface area contributed by atoms with Crippen LogP contribution >= 0.6 is 15.9 Å². The monoisotopic (exact) mass is 511 g/mol. The Morgan fingerprint density at radius 1 is 1.00 bits per heavy atom. The number of anilines is 4. The number of carbonyl (C=O) groups is 1. The molecule has 2 aromatic carbocycles. The molecule has 1 aromatic heterocycles. The summed E-state index contributed by atoms with van der Waals surface area (Å²) in [4.78, 5) is 19.0. The smallest absolute Gasteiger partial charge is 0.323 e. The van der Waals surface area contributed by atoms with Crippen LogP contribution in [0.15, 0.2) is 71.3 Å². The van der Waals surface area contributed by atoms with Crippen molar-refractivity contribution in [3.8, 4) is 5.75 Å². The minimum atomic E-state index is -0.332. The minimum absolute atomic E-state index is 0.332. The van der Waals surface area contributed by atoms with Crippen molar-refractivity contribution in [2.75, 3.05) is 42.2 Å². The number of nitrogens with one attached hydrogen (secondary N) is 3. The van der Waals surface area contributed by atoms with Gasteiger partial charge < -0.3 is 25.6 Å². The molecule has 3 rings (SSSR count). The number of nitrogens with zero attached hydrogens (tertiary/aromatic N) is 2. The predicted octanol–water partition coefficient (Wildman–Crippen LogP) is 6.34. The number of benzene rings is 2. The zero-order valence-corrected chi connectivity index (χ0v) is 20.6. The van der Waals surface area contributed by atoms with Crippen molar-refractivity contribution < 1.29 is 9.53 Å². The lowest BCUT2D eigenvalue weighted by molar-refractivity contribution is 0.249. The Hall–Kier alpha value is -3.10. The molecule has 0 saturated heterocycles. The molecular weight excluding hydrogens is 482 g/mol. The zero-order chi connectivity index (χ0) is 23.5. The summed E-state index contributed by atoms with van der Waals surface area (Å²) in [6.07, 6.45) is 2.64. The Kier molecular flexibility index (Phi) is 9.53. The standard InChI is InChI=1S/C25H30BrN5O2/c1-3-31(4-2)16-7-17-33-21-12-10-19(11-13-21)28-24-18-20(14-15-27-24)29-25(32)30-23-9-6-5-8-22(23)26/h5-6,8-15,18H,3-4,7,16-17H2,1-2H3,(H3,27,28,29,30,32). The number of carbonyl (C=O) groups excluding carboxylic acids is 1. The van der Waals surface area contributed by atoms with E-state index in [1.807, 2.05) is 48.5 Å². The molecule has 1 heterocycles. The molecule has 0 saturated carbocycles. The highest BCUT2D eigenvalue weighted by atomic mass is 79.9. The molecule has 0 unspecified atom stereocenters. The van der Waals surface area contributed by atoms with E-state index in [9.17, 15) is 4.79 Å². The van der Waals surface area contributed by atoms with Crippen LogP contribution in [0.1, 0.15) is 20.3 Å². The minimum Gasteiger partial charge on any atom is -0.494 e. The van der Waals surface area contributed by atoms with Crippen LogP contribution < -0.4 is 20.7 Å². The molecule has 3 aromatic rings. The van der Waals surface area contributed by atoms with Gasteiger partial charge in [-0.05, 0) is 77.9 Å². The number of aromatic nitrogens is 1. The molecular formula is C25H30BrN5O2. The van der Waals surface area contributed by atoms with Crippen molar-refractivity contribution in [3.63, 3.8) is 0 Å². The molecule has 0 aliphatic rings. The van der Waals surface area contributed by atoms with Crippen LogP contribution in [0, 0.1) is 0 Å². The molecule has 2 amide bonds. The highest BCUT2D eigenvalue weighted by Crippen LogP contribution is 2.23. The number of para-hydroxylation sites is 1. The molecule has 174 valence electrons. The van der Waals surface area contributed by atoms with Gasteiger partial charge in [-0.1, -0.05) is 26.0 Å². The first-order valence-corrected chi connectivity index (χ1v) is 11.9. The van der Waals surface area contributed by atoms with E-state index in [0.717, 1.165) is 42.0 Å². The molecule has 0 atom stereocenters. The van der Waals surface area contributed by atoms with Crippen molar-refractivity contribution in [2.24, 2.45) is 0 Å². The van der Waals surface area contributed by atoms with E-state index >= 15 is 0 Å². The van der Waals surface area contributed by atoms with Gasteiger partial charge >= 0.3 is 6.03 Å². The maximum Gasteiger partial charge on any atom is 0.323 e. The summed E-state index contributed by atoms with van der Waals surface area (Å²) in [7, 11) is 0. The van der Waals surface area contributed by atoms with Gasteiger partial charge in [-0.2, -0.15) is 0 Å². The molecule has 7 nitrogen and oxygen atoms in total. The molecule has 0 bridgehead atoms. The van der Waals surface area contributed by atoms with E-state index in [4.69, 9.17) is 4.74 Å². The zero-order valence-electron chi connectivity index (χ0n) is 19.0. The van der Waals surface area contributed by atoms with Gasteiger partial charge in [0.1, 0.15) is 11.6 Å². The van der Waals surface area contributed by atoms with Crippen molar-refractivity contribution in [1.82, 2.24) is 9.88 Å². The van der Waals surface area contributed by atoms with Crippen LogP contribution in [0.25, 0.3) is 0 Å². The third-order valence-electron chi connectivity index (χ3n) is 5.05. The SMILES string of the molecule is CCN(CC)CCCOc1ccc(Nc2cc(NC(=O)Nc3ccccc3Br)ccn2)cc1. The van der Waals surface area contributed by atoms with Gasteiger partial charge in [-0.3, -0.25) is 0 Å². The summed E-state index contributed by atoms with van der Waals surface area (Å²) < 4.78 is 6.66. The van der Waals surface area contributed by atoms with Crippen LogP contribution in [-0.4, -0.2) is 42.2 Å². The number of urea groups is 1. The van der Waals surface area contributed by atoms with Crippen LogP contribution in [0.3, 0.4) is 0 Å². The first-order chi connectivity index (χ1) is 16.1. The molecule has 0 aliphatic carbocycles. The third kappa shape index (κ3) is 8.07. The van der Waals surface area contributed by atoms with Crippen LogP contribution in [0.2, 0.25) is 0 Å². The Morgan fingerprint density at radius 3 is 2.48 bits per heavy atom. The van der Waals surface area contributed by atoms with E-state index in [1.165, 1.54) is 0 Å². The van der Waals surface area contributed by atoms with E-state index in [0.29, 0.717) is 23.8 Å². The largest absolute Gasteiger partial charge is 0.494 e. The number of hydrogen-bond donors (Lipinski definition) is 3. The lowest BCUT2D eigenvalue weighted by Gasteiger charge is -2.17. The Morgan fingerprint density at radius 2 is 1.76 bits per heavy atom. The average molecular weight is 512 g/mol. The number of ether oxygens (including phenoxy) is 1. The summed E-state index contributed by atoms with van der Waals surface area (Å²) in [5.41, 5.74) is 2.20. The number of rotatable bonds is 11. The van der Waals surface area contributed by atoms with Gasteiger partial charge in [-0.25, -0.2) is 9.78 Å². The second-order valence-corrected chi connectivity index (χ2v) is 8.22. The van der Waals surface area contributed by atoms with Crippen molar-refractivity contribution >= 4 is 44.8 Å². The van der Waals surface area contributed by atoms with Gasteiger partial charge in [0.05, 0.1) is 12.3 Å². The topological polar surface area (TPSA) is 78.5 Å². The van der Waals surface area contributed by atoms with Crippen molar-refractivity contribution in [1.29, 1.82) is 0 Å². The molecule has 8 heteroatoms. The van der Waals surface area contributed by atoms with Gasteiger partial charge in [0, 0.05) is 34.7 Å². The average Bonchev–Trinajstić information content (AvgIpc) is 2.82. The highest BCUT2D eigenvalue weighted by Gasteiger charge is 2.07. The Bertz CT molecular complexity index is 1030. The fraction of sp³-hybridized carbons (Fsp3) is 0.280. The maximum atomic E-state index is 12.3. The fourth-order valence-electron chi connectivity index (χ4n) is 3.22. The second-order valence-electron chi connectivity index (χ2n) is 7.37. The molecule has 0 spiro atoms. The first-order valence-electron chi connectivity index (χ1n) is 11.1. The molecule has 0 fully saturated rings. The summed E-state index contributed by atoms with van der Waals surface area (Å²) >= 11 is 3.42. The summed E-state index contributed by atoms with van der Waals surface area (Å²) in [5.74, 6) is 1.47. The Labute approximate surface area is 203 Å². The van der Waals surface area contributed by atoms with Crippen molar-refractivity contribution in [2.45, 2.75) is 20.3 Å². The van der Waals surface area contributed by atoms with Crippen molar-refractivity contribution in [3.05, 3.63) is 71.3 Å². The molecule has 0 radical (unpaired) electrons. The van der Waals surface area contributed by atoms with Gasteiger partial charge in [0.15, 0.2) is 0 Å². The fourth-order valence-corrected chi connectivity index (χ4v) is 3.61. The lowest BCUT2D eigenvalue weighted by atomic mass is 10.3. The lowest BCUT2D eigenvalue weighted by Crippen LogP contribution is -2.25. The van der Waals surface area contributed by atoms with Gasteiger partial charge in [-0.15, -0.1) is 0 Å². The number of pyridine rings is 1. The van der Waals surface area contributed by atoms with E-state index in [2.05, 4.69) is 55.6 Å². The summed E-state index contributed by atoms with van der Waals surface area (Å²) in [6.45, 7) is 8.22. The molecule has 33 heavy (non-hydrogen) atoms. The number of amides is 2. The number of halogens is 1.